The molecule has 2 aliphatic rings. The normalized spacial score (nSPS) is 29.6. The highest BCUT2D eigenvalue weighted by molar-refractivity contribution is 7.92. The average molecular weight is 230 g/mol. The van der Waals surface area contributed by atoms with E-state index in [1.807, 2.05) is 0 Å². The first-order chi connectivity index (χ1) is 7.10. The van der Waals surface area contributed by atoms with Crippen molar-refractivity contribution in [3.63, 3.8) is 0 Å². The van der Waals surface area contributed by atoms with Crippen LogP contribution in [0.4, 0.5) is 0 Å². The maximum absolute atomic E-state index is 12.2. The summed E-state index contributed by atoms with van der Waals surface area (Å²) < 4.78 is 24.4. The van der Waals surface area contributed by atoms with Gasteiger partial charge in [0.25, 0.3) is 0 Å². The zero-order chi connectivity index (χ0) is 10.9. The van der Waals surface area contributed by atoms with E-state index in [4.69, 9.17) is 0 Å². The second kappa shape index (κ2) is 4.24. The van der Waals surface area contributed by atoms with Crippen molar-refractivity contribution in [3.05, 3.63) is 0 Å². The van der Waals surface area contributed by atoms with E-state index < -0.39 is 9.84 Å². The standard InChI is InChI=1S/C11H18O3S/c12-9-6-7-11(8-9)15(13,14)10-4-2-1-3-5-10/h10-11H,1-8H2. The zero-order valence-corrected chi connectivity index (χ0v) is 9.76. The molecule has 15 heavy (non-hydrogen) atoms. The highest BCUT2D eigenvalue weighted by atomic mass is 32.2. The van der Waals surface area contributed by atoms with E-state index in [1.54, 1.807) is 0 Å². The lowest BCUT2D eigenvalue weighted by molar-refractivity contribution is -0.117. The first kappa shape index (κ1) is 11.1. The molecule has 0 bridgehead atoms. The van der Waals surface area contributed by atoms with Crippen LogP contribution in [0.15, 0.2) is 0 Å². The molecule has 0 amide bonds. The lowest BCUT2D eigenvalue weighted by Gasteiger charge is -2.24. The fourth-order valence-electron chi connectivity index (χ4n) is 2.73. The van der Waals surface area contributed by atoms with Gasteiger partial charge in [0.1, 0.15) is 5.78 Å². The second-order valence-electron chi connectivity index (χ2n) is 4.75. The quantitative estimate of drug-likeness (QED) is 0.727. The summed E-state index contributed by atoms with van der Waals surface area (Å²) in [4.78, 5) is 11.1. The minimum atomic E-state index is -3.02. The molecule has 0 radical (unpaired) electrons. The van der Waals surface area contributed by atoms with Gasteiger partial charge in [-0.1, -0.05) is 19.3 Å². The topological polar surface area (TPSA) is 51.2 Å². The van der Waals surface area contributed by atoms with Crippen molar-refractivity contribution in [1.29, 1.82) is 0 Å². The third-order valence-electron chi connectivity index (χ3n) is 3.68. The van der Waals surface area contributed by atoms with Gasteiger partial charge in [0.05, 0.1) is 10.5 Å². The van der Waals surface area contributed by atoms with Crippen LogP contribution in [0, 0.1) is 0 Å². The van der Waals surface area contributed by atoms with Gasteiger partial charge in [-0.05, 0) is 19.3 Å². The van der Waals surface area contributed by atoms with E-state index in [2.05, 4.69) is 0 Å². The summed E-state index contributed by atoms with van der Waals surface area (Å²) in [7, 11) is -3.02. The minimum absolute atomic E-state index is 0.124. The Morgan fingerprint density at radius 2 is 1.60 bits per heavy atom. The molecule has 0 aromatic rings. The Bertz CT molecular complexity index is 339. The average Bonchev–Trinajstić information content (AvgIpc) is 2.67. The molecule has 0 aliphatic heterocycles. The molecule has 3 nitrogen and oxygen atoms in total. The Hall–Kier alpha value is -0.380. The molecule has 2 rings (SSSR count). The first-order valence-corrected chi connectivity index (χ1v) is 7.46. The van der Waals surface area contributed by atoms with Gasteiger partial charge in [-0.3, -0.25) is 4.79 Å². The highest BCUT2D eigenvalue weighted by Gasteiger charge is 2.38. The van der Waals surface area contributed by atoms with Crippen LogP contribution in [-0.2, 0) is 14.6 Å². The summed E-state index contributed by atoms with van der Waals surface area (Å²) in [5.74, 6) is 0.124. The van der Waals surface area contributed by atoms with Gasteiger partial charge in [0.15, 0.2) is 9.84 Å². The number of sulfone groups is 1. The van der Waals surface area contributed by atoms with Crippen LogP contribution in [0.3, 0.4) is 0 Å². The predicted molar refractivity (Wildman–Crippen MR) is 58.4 cm³/mol. The van der Waals surface area contributed by atoms with Crippen molar-refractivity contribution in [2.75, 3.05) is 0 Å². The Labute approximate surface area is 91.2 Å². The van der Waals surface area contributed by atoms with Crippen LogP contribution < -0.4 is 0 Å². The lowest BCUT2D eigenvalue weighted by atomic mass is 10.0. The molecule has 4 heteroatoms. The number of hydrogen-bond donors (Lipinski definition) is 0. The summed E-state index contributed by atoms with van der Waals surface area (Å²) in [5, 5.41) is -0.504. The van der Waals surface area contributed by atoms with Gasteiger partial charge in [0.2, 0.25) is 0 Å². The highest BCUT2D eigenvalue weighted by Crippen LogP contribution is 2.31. The summed E-state index contributed by atoms with van der Waals surface area (Å²) in [6.07, 6.45) is 6.16. The van der Waals surface area contributed by atoms with Crippen molar-refractivity contribution in [3.8, 4) is 0 Å². The molecule has 0 N–H and O–H groups in total. The van der Waals surface area contributed by atoms with Crippen LogP contribution in [0.2, 0.25) is 0 Å². The molecule has 2 aliphatic carbocycles. The molecule has 0 heterocycles. The monoisotopic (exact) mass is 230 g/mol. The number of carbonyl (C=O) groups is 1. The number of Topliss-reactive ketones (excluding diaryl/α,β-unsaturated/α-hetero) is 1. The second-order valence-corrected chi connectivity index (χ2v) is 7.26. The molecule has 0 aromatic carbocycles. The third kappa shape index (κ3) is 2.25. The smallest absolute Gasteiger partial charge is 0.156 e. The van der Waals surface area contributed by atoms with Crippen LogP contribution in [0.1, 0.15) is 51.4 Å². The maximum atomic E-state index is 12.2. The first-order valence-electron chi connectivity index (χ1n) is 5.85. The molecular weight excluding hydrogens is 212 g/mol. The van der Waals surface area contributed by atoms with Gasteiger partial charge in [-0.15, -0.1) is 0 Å². The predicted octanol–water partition coefficient (Wildman–Crippen LogP) is 1.86. The summed E-state index contributed by atoms with van der Waals surface area (Å²) in [6, 6.07) is 0. The largest absolute Gasteiger partial charge is 0.300 e. The Balaban J connectivity index is 2.08. The summed E-state index contributed by atoms with van der Waals surface area (Å²) in [5.41, 5.74) is 0. The lowest BCUT2D eigenvalue weighted by Crippen LogP contribution is -2.32. The molecular formula is C11H18O3S. The van der Waals surface area contributed by atoms with Gasteiger partial charge in [0, 0.05) is 12.8 Å². The molecule has 1 unspecified atom stereocenters. The van der Waals surface area contributed by atoms with Crippen LogP contribution in [0.25, 0.3) is 0 Å². The van der Waals surface area contributed by atoms with Gasteiger partial charge in [-0.25, -0.2) is 8.42 Å². The Morgan fingerprint density at radius 1 is 0.933 bits per heavy atom. The summed E-state index contributed by atoms with van der Waals surface area (Å²) >= 11 is 0. The number of hydrogen-bond acceptors (Lipinski definition) is 3. The van der Waals surface area contributed by atoms with Crippen LogP contribution >= 0.6 is 0 Å². The van der Waals surface area contributed by atoms with Crippen molar-refractivity contribution in [2.24, 2.45) is 0 Å². The molecule has 86 valence electrons. The van der Waals surface area contributed by atoms with E-state index in [0.717, 1.165) is 32.1 Å². The SMILES string of the molecule is O=C1CCC(S(=O)(=O)C2CCCCC2)C1. The third-order valence-corrected chi connectivity index (χ3v) is 6.41. The zero-order valence-electron chi connectivity index (χ0n) is 8.94. The van der Waals surface area contributed by atoms with Crippen LogP contribution in [-0.4, -0.2) is 24.7 Å². The van der Waals surface area contributed by atoms with Crippen molar-refractivity contribution >= 4 is 15.6 Å². The van der Waals surface area contributed by atoms with E-state index in [0.29, 0.717) is 12.8 Å². The van der Waals surface area contributed by atoms with Gasteiger partial charge < -0.3 is 0 Å². The van der Waals surface area contributed by atoms with Crippen molar-refractivity contribution < 1.29 is 13.2 Å². The van der Waals surface area contributed by atoms with Gasteiger partial charge in [-0.2, -0.15) is 0 Å². The molecule has 1 atom stereocenters. The van der Waals surface area contributed by atoms with E-state index in [1.165, 1.54) is 0 Å². The molecule has 0 spiro atoms. The van der Waals surface area contributed by atoms with Crippen molar-refractivity contribution in [2.45, 2.75) is 61.9 Å². The number of ketones is 1. The van der Waals surface area contributed by atoms with Crippen LogP contribution in [0.5, 0.6) is 0 Å². The Morgan fingerprint density at radius 3 is 2.13 bits per heavy atom. The van der Waals surface area contributed by atoms with E-state index in [9.17, 15) is 13.2 Å². The molecule has 2 fully saturated rings. The summed E-state index contributed by atoms with van der Waals surface area (Å²) in [6.45, 7) is 0. The maximum Gasteiger partial charge on any atom is 0.156 e. The molecule has 0 aromatic heterocycles. The number of rotatable bonds is 2. The fraction of sp³-hybridized carbons (Fsp3) is 0.909. The Kier molecular flexibility index (Phi) is 3.14. The van der Waals surface area contributed by atoms with Gasteiger partial charge >= 0.3 is 0 Å². The molecule has 2 saturated carbocycles. The minimum Gasteiger partial charge on any atom is -0.300 e. The van der Waals surface area contributed by atoms with E-state index in [-0.39, 0.29) is 22.7 Å². The fourth-order valence-corrected chi connectivity index (χ4v) is 5.13. The van der Waals surface area contributed by atoms with Crippen molar-refractivity contribution in [1.82, 2.24) is 0 Å². The number of carbonyl (C=O) groups excluding carboxylic acids is 1. The van der Waals surface area contributed by atoms with E-state index >= 15 is 0 Å². The molecule has 0 saturated heterocycles.